The van der Waals surface area contributed by atoms with E-state index in [4.69, 9.17) is 0 Å². The fraction of sp³-hybridized carbons (Fsp3) is 1.00. The summed E-state index contributed by atoms with van der Waals surface area (Å²) in [6.45, 7) is 11.8. The molecule has 0 radical (unpaired) electrons. The molecule has 2 fully saturated rings. The highest BCUT2D eigenvalue weighted by Gasteiger charge is 2.38. The summed E-state index contributed by atoms with van der Waals surface area (Å²) in [5.74, 6) is 1.83. The van der Waals surface area contributed by atoms with E-state index in [9.17, 15) is 0 Å². The molecule has 1 heterocycles. The standard InChI is InChI=1S/C12H24N2/c1-8(2)14-6-11(7-14)13-12-5-9(3)10(12)4/h8-13H,5-7H2,1-4H3. The molecule has 82 valence electrons. The summed E-state index contributed by atoms with van der Waals surface area (Å²) in [4.78, 5) is 2.53. The van der Waals surface area contributed by atoms with Gasteiger partial charge in [-0.25, -0.2) is 0 Å². The molecule has 1 N–H and O–H groups in total. The van der Waals surface area contributed by atoms with Crippen molar-refractivity contribution in [1.29, 1.82) is 0 Å². The first-order chi connectivity index (χ1) is 6.58. The van der Waals surface area contributed by atoms with Crippen LogP contribution in [0.15, 0.2) is 0 Å². The van der Waals surface area contributed by atoms with E-state index in [-0.39, 0.29) is 0 Å². The second-order valence-corrected chi connectivity index (χ2v) is 5.59. The summed E-state index contributed by atoms with van der Waals surface area (Å²) >= 11 is 0. The molecule has 2 rings (SSSR count). The first-order valence-corrected chi connectivity index (χ1v) is 6.08. The van der Waals surface area contributed by atoms with Gasteiger partial charge in [-0.2, -0.15) is 0 Å². The Hall–Kier alpha value is -0.0800. The maximum absolute atomic E-state index is 3.78. The maximum Gasteiger partial charge on any atom is 0.0325 e. The zero-order valence-corrected chi connectivity index (χ0v) is 9.96. The molecule has 0 aromatic heterocycles. The lowest BCUT2D eigenvalue weighted by Crippen LogP contribution is -2.64. The number of hydrogen-bond acceptors (Lipinski definition) is 2. The summed E-state index contributed by atoms with van der Waals surface area (Å²) in [5.41, 5.74) is 0. The van der Waals surface area contributed by atoms with Gasteiger partial charge in [0.2, 0.25) is 0 Å². The highest BCUT2D eigenvalue weighted by molar-refractivity contribution is 4.96. The molecule has 2 nitrogen and oxygen atoms in total. The van der Waals surface area contributed by atoms with Gasteiger partial charge >= 0.3 is 0 Å². The maximum atomic E-state index is 3.78. The molecule has 1 aliphatic carbocycles. The smallest absolute Gasteiger partial charge is 0.0325 e. The average molecular weight is 196 g/mol. The van der Waals surface area contributed by atoms with E-state index in [2.05, 4.69) is 37.9 Å². The number of rotatable bonds is 3. The fourth-order valence-electron chi connectivity index (χ4n) is 2.59. The lowest BCUT2D eigenvalue weighted by molar-refractivity contribution is 0.0478. The monoisotopic (exact) mass is 196 g/mol. The van der Waals surface area contributed by atoms with Crippen LogP contribution in [0.4, 0.5) is 0 Å². The molecular weight excluding hydrogens is 172 g/mol. The van der Waals surface area contributed by atoms with Gasteiger partial charge in [-0.1, -0.05) is 13.8 Å². The van der Waals surface area contributed by atoms with E-state index in [1.54, 1.807) is 0 Å². The Labute approximate surface area is 88.1 Å². The molecule has 1 saturated heterocycles. The van der Waals surface area contributed by atoms with Crippen LogP contribution in [-0.4, -0.2) is 36.1 Å². The van der Waals surface area contributed by atoms with Gasteiger partial charge in [0, 0.05) is 31.2 Å². The molecule has 0 bridgehead atoms. The topological polar surface area (TPSA) is 15.3 Å². The van der Waals surface area contributed by atoms with Gasteiger partial charge in [0.15, 0.2) is 0 Å². The van der Waals surface area contributed by atoms with Crippen molar-refractivity contribution < 1.29 is 0 Å². The number of likely N-dealkylation sites (tertiary alicyclic amines) is 1. The molecule has 2 heteroatoms. The Balaban J connectivity index is 1.65. The van der Waals surface area contributed by atoms with Gasteiger partial charge in [0.25, 0.3) is 0 Å². The Kier molecular flexibility index (Phi) is 2.85. The highest BCUT2D eigenvalue weighted by Crippen LogP contribution is 2.34. The lowest BCUT2D eigenvalue weighted by atomic mass is 9.71. The van der Waals surface area contributed by atoms with Gasteiger partial charge in [-0.3, -0.25) is 4.90 Å². The molecule has 3 atom stereocenters. The fourth-order valence-corrected chi connectivity index (χ4v) is 2.59. The Morgan fingerprint density at radius 3 is 2.29 bits per heavy atom. The van der Waals surface area contributed by atoms with Crippen LogP contribution in [0.25, 0.3) is 0 Å². The highest BCUT2D eigenvalue weighted by atomic mass is 15.3. The van der Waals surface area contributed by atoms with E-state index < -0.39 is 0 Å². The van der Waals surface area contributed by atoms with Crippen molar-refractivity contribution >= 4 is 0 Å². The summed E-state index contributed by atoms with van der Waals surface area (Å²) in [6.07, 6.45) is 1.39. The van der Waals surface area contributed by atoms with Gasteiger partial charge in [0.1, 0.15) is 0 Å². The van der Waals surface area contributed by atoms with Crippen LogP contribution in [0.1, 0.15) is 34.1 Å². The first kappa shape index (κ1) is 10.4. The minimum absolute atomic E-state index is 0.728. The van der Waals surface area contributed by atoms with Crippen molar-refractivity contribution in [3.63, 3.8) is 0 Å². The third kappa shape index (κ3) is 1.82. The molecule has 3 unspecified atom stereocenters. The van der Waals surface area contributed by atoms with E-state index in [0.717, 1.165) is 30.0 Å². The molecule has 0 spiro atoms. The van der Waals surface area contributed by atoms with Crippen LogP contribution in [-0.2, 0) is 0 Å². The second-order valence-electron chi connectivity index (χ2n) is 5.59. The number of nitrogens with one attached hydrogen (secondary N) is 1. The van der Waals surface area contributed by atoms with Crippen LogP contribution in [0.5, 0.6) is 0 Å². The van der Waals surface area contributed by atoms with Crippen LogP contribution in [0.2, 0.25) is 0 Å². The summed E-state index contributed by atoms with van der Waals surface area (Å²) in [5, 5.41) is 3.78. The van der Waals surface area contributed by atoms with E-state index in [0.29, 0.717) is 0 Å². The third-order valence-corrected chi connectivity index (χ3v) is 4.25. The largest absolute Gasteiger partial charge is 0.308 e. The Morgan fingerprint density at radius 2 is 1.86 bits per heavy atom. The number of nitrogens with zero attached hydrogens (tertiary/aromatic N) is 1. The summed E-state index contributed by atoms with van der Waals surface area (Å²) in [6, 6.07) is 2.31. The van der Waals surface area contributed by atoms with E-state index >= 15 is 0 Å². The summed E-state index contributed by atoms with van der Waals surface area (Å²) in [7, 11) is 0. The van der Waals surface area contributed by atoms with E-state index in [1.165, 1.54) is 19.5 Å². The van der Waals surface area contributed by atoms with Crippen molar-refractivity contribution in [2.24, 2.45) is 11.8 Å². The van der Waals surface area contributed by atoms with Crippen LogP contribution >= 0.6 is 0 Å². The average Bonchev–Trinajstić information content (AvgIpc) is 2.07. The Morgan fingerprint density at radius 1 is 1.21 bits per heavy atom. The molecule has 2 aliphatic rings. The number of hydrogen-bond donors (Lipinski definition) is 1. The van der Waals surface area contributed by atoms with Crippen molar-refractivity contribution in [2.75, 3.05) is 13.1 Å². The normalized spacial score (nSPS) is 39.6. The lowest BCUT2D eigenvalue weighted by Gasteiger charge is -2.49. The van der Waals surface area contributed by atoms with Crippen molar-refractivity contribution in [2.45, 2.75) is 52.2 Å². The van der Waals surface area contributed by atoms with E-state index in [1.807, 2.05) is 0 Å². The molecule has 0 aromatic rings. The van der Waals surface area contributed by atoms with Crippen LogP contribution in [0.3, 0.4) is 0 Å². The van der Waals surface area contributed by atoms with Gasteiger partial charge in [0.05, 0.1) is 0 Å². The summed E-state index contributed by atoms with van der Waals surface area (Å²) < 4.78 is 0. The quantitative estimate of drug-likeness (QED) is 0.739. The molecule has 1 aliphatic heterocycles. The third-order valence-electron chi connectivity index (χ3n) is 4.25. The minimum atomic E-state index is 0.728. The zero-order valence-electron chi connectivity index (χ0n) is 9.96. The molecule has 0 amide bonds. The van der Waals surface area contributed by atoms with Crippen LogP contribution < -0.4 is 5.32 Å². The molecule has 14 heavy (non-hydrogen) atoms. The van der Waals surface area contributed by atoms with Crippen LogP contribution in [0, 0.1) is 11.8 Å². The van der Waals surface area contributed by atoms with Gasteiger partial charge in [-0.15, -0.1) is 0 Å². The molecule has 0 aromatic carbocycles. The Bertz CT molecular complexity index is 196. The SMILES string of the molecule is CC1CC(NC2CN(C(C)C)C2)C1C. The first-order valence-electron chi connectivity index (χ1n) is 6.08. The van der Waals surface area contributed by atoms with Gasteiger partial charge in [-0.05, 0) is 32.1 Å². The molecular formula is C12H24N2. The second kappa shape index (κ2) is 3.82. The minimum Gasteiger partial charge on any atom is -0.308 e. The molecule has 1 saturated carbocycles. The van der Waals surface area contributed by atoms with Crippen molar-refractivity contribution in [3.8, 4) is 0 Å². The van der Waals surface area contributed by atoms with Gasteiger partial charge < -0.3 is 5.32 Å². The van der Waals surface area contributed by atoms with Crippen molar-refractivity contribution in [1.82, 2.24) is 10.2 Å². The zero-order chi connectivity index (χ0) is 10.3. The van der Waals surface area contributed by atoms with Crippen molar-refractivity contribution in [3.05, 3.63) is 0 Å². The predicted octanol–water partition coefficient (Wildman–Crippen LogP) is 1.71. The predicted molar refractivity (Wildman–Crippen MR) is 60.4 cm³/mol.